The van der Waals surface area contributed by atoms with Crippen LogP contribution in [-0.4, -0.2) is 19.0 Å². The van der Waals surface area contributed by atoms with Crippen LogP contribution in [0.15, 0.2) is 12.1 Å². The van der Waals surface area contributed by atoms with E-state index in [4.69, 9.17) is 0 Å². The van der Waals surface area contributed by atoms with E-state index < -0.39 is 0 Å². The third-order valence-electron chi connectivity index (χ3n) is 3.77. The fourth-order valence-corrected chi connectivity index (χ4v) is 2.41. The summed E-state index contributed by atoms with van der Waals surface area (Å²) in [5.74, 6) is 0.258. The first-order valence-corrected chi connectivity index (χ1v) is 6.67. The Morgan fingerprint density at radius 2 is 1.94 bits per heavy atom. The fraction of sp³-hybridized carbons (Fsp3) is 0.533. The summed E-state index contributed by atoms with van der Waals surface area (Å²) in [6.07, 6.45) is 2.08. The molecule has 0 aliphatic carbocycles. The fourth-order valence-electron chi connectivity index (χ4n) is 2.41. The Kier molecular flexibility index (Phi) is 4.02. The van der Waals surface area contributed by atoms with Crippen molar-refractivity contribution in [3.63, 3.8) is 0 Å². The molecule has 1 amide bonds. The zero-order chi connectivity index (χ0) is 13.1. The number of piperidine rings is 1. The average molecular weight is 246 g/mol. The molecule has 1 fully saturated rings. The zero-order valence-corrected chi connectivity index (χ0v) is 11.5. The van der Waals surface area contributed by atoms with Crippen LogP contribution in [0.3, 0.4) is 0 Å². The second kappa shape index (κ2) is 5.53. The molecule has 1 saturated heterocycles. The summed E-state index contributed by atoms with van der Waals surface area (Å²) in [6, 6.07) is 4.20. The van der Waals surface area contributed by atoms with Crippen LogP contribution in [0.1, 0.15) is 29.5 Å². The van der Waals surface area contributed by atoms with Crippen LogP contribution >= 0.6 is 0 Å². The van der Waals surface area contributed by atoms with E-state index in [1.807, 2.05) is 6.92 Å². The number of nitrogens with one attached hydrogen (secondary N) is 2. The highest BCUT2D eigenvalue weighted by atomic mass is 16.1. The minimum absolute atomic E-state index is 0.111. The minimum atomic E-state index is 0.111. The molecule has 1 aromatic rings. The van der Waals surface area contributed by atoms with Crippen molar-refractivity contribution in [1.29, 1.82) is 0 Å². The van der Waals surface area contributed by atoms with Gasteiger partial charge in [0.1, 0.15) is 0 Å². The Labute approximate surface area is 109 Å². The second-order valence-corrected chi connectivity index (χ2v) is 5.28. The smallest absolute Gasteiger partial charge is 0.228 e. The lowest BCUT2D eigenvalue weighted by Crippen LogP contribution is -2.37. The molecule has 1 aromatic carbocycles. The van der Waals surface area contributed by atoms with Gasteiger partial charge in [0.15, 0.2) is 0 Å². The number of anilines is 1. The maximum absolute atomic E-state index is 12.2. The van der Waals surface area contributed by atoms with Crippen molar-refractivity contribution in [3.8, 4) is 0 Å². The molecule has 98 valence electrons. The number of rotatable bonds is 2. The van der Waals surface area contributed by atoms with E-state index in [1.165, 1.54) is 11.1 Å². The highest BCUT2D eigenvalue weighted by Gasteiger charge is 2.21. The van der Waals surface area contributed by atoms with Crippen LogP contribution in [0.2, 0.25) is 0 Å². The van der Waals surface area contributed by atoms with Gasteiger partial charge in [0.2, 0.25) is 5.91 Å². The van der Waals surface area contributed by atoms with Gasteiger partial charge in [-0.15, -0.1) is 0 Å². The van der Waals surface area contributed by atoms with Crippen LogP contribution in [-0.2, 0) is 4.79 Å². The van der Waals surface area contributed by atoms with Crippen molar-refractivity contribution in [3.05, 3.63) is 28.8 Å². The van der Waals surface area contributed by atoms with Gasteiger partial charge in [0.25, 0.3) is 0 Å². The van der Waals surface area contributed by atoms with Gasteiger partial charge in [0.05, 0.1) is 5.92 Å². The summed E-state index contributed by atoms with van der Waals surface area (Å²) >= 11 is 0. The average Bonchev–Trinajstić information content (AvgIpc) is 2.37. The van der Waals surface area contributed by atoms with E-state index in [0.29, 0.717) is 0 Å². The lowest BCUT2D eigenvalue weighted by molar-refractivity contribution is -0.120. The summed E-state index contributed by atoms with van der Waals surface area (Å²) < 4.78 is 0. The van der Waals surface area contributed by atoms with Crippen molar-refractivity contribution in [2.75, 3.05) is 18.4 Å². The van der Waals surface area contributed by atoms with Gasteiger partial charge in [-0.05, 0) is 62.9 Å². The van der Waals surface area contributed by atoms with Gasteiger partial charge in [0, 0.05) is 12.2 Å². The maximum atomic E-state index is 12.2. The predicted octanol–water partition coefficient (Wildman–Crippen LogP) is 2.55. The van der Waals surface area contributed by atoms with Crippen molar-refractivity contribution in [2.24, 2.45) is 5.92 Å². The van der Waals surface area contributed by atoms with E-state index in [9.17, 15) is 4.79 Å². The number of aryl methyl sites for hydroxylation is 3. The summed E-state index contributed by atoms with van der Waals surface area (Å²) in [7, 11) is 0. The first-order chi connectivity index (χ1) is 8.58. The third-order valence-corrected chi connectivity index (χ3v) is 3.77. The Balaban J connectivity index is 2.08. The molecule has 2 rings (SSSR count). The molecular weight excluding hydrogens is 224 g/mol. The Morgan fingerprint density at radius 1 is 1.22 bits per heavy atom. The molecule has 0 aromatic heterocycles. The lowest BCUT2D eigenvalue weighted by atomic mass is 9.98. The van der Waals surface area contributed by atoms with Gasteiger partial charge in [-0.1, -0.05) is 6.07 Å². The van der Waals surface area contributed by atoms with Crippen molar-refractivity contribution >= 4 is 11.6 Å². The molecular formula is C15H22N2O. The monoisotopic (exact) mass is 246 g/mol. The molecule has 18 heavy (non-hydrogen) atoms. The van der Waals surface area contributed by atoms with Gasteiger partial charge in [-0.25, -0.2) is 0 Å². The van der Waals surface area contributed by atoms with E-state index in [0.717, 1.165) is 37.2 Å². The van der Waals surface area contributed by atoms with Crippen LogP contribution < -0.4 is 10.6 Å². The first-order valence-electron chi connectivity index (χ1n) is 6.67. The van der Waals surface area contributed by atoms with Crippen LogP contribution in [0, 0.1) is 26.7 Å². The number of carbonyl (C=O) groups excluding carboxylic acids is 1. The molecule has 1 atom stereocenters. The van der Waals surface area contributed by atoms with Crippen molar-refractivity contribution < 1.29 is 4.79 Å². The largest absolute Gasteiger partial charge is 0.326 e. The number of hydrogen-bond donors (Lipinski definition) is 2. The van der Waals surface area contributed by atoms with E-state index in [2.05, 4.69) is 36.6 Å². The molecule has 1 aliphatic rings. The van der Waals surface area contributed by atoms with Gasteiger partial charge in [-0.3, -0.25) is 4.79 Å². The Bertz CT molecular complexity index is 448. The molecule has 3 heteroatoms. The molecule has 2 N–H and O–H groups in total. The van der Waals surface area contributed by atoms with Gasteiger partial charge < -0.3 is 10.6 Å². The van der Waals surface area contributed by atoms with Crippen molar-refractivity contribution in [2.45, 2.75) is 33.6 Å². The SMILES string of the molecule is Cc1cc(C)c(NC(=O)C2CCCNC2)cc1C. The van der Waals surface area contributed by atoms with Crippen LogP contribution in [0.5, 0.6) is 0 Å². The van der Waals surface area contributed by atoms with Gasteiger partial charge in [-0.2, -0.15) is 0 Å². The minimum Gasteiger partial charge on any atom is -0.326 e. The lowest BCUT2D eigenvalue weighted by Gasteiger charge is -2.22. The number of benzene rings is 1. The first kappa shape index (κ1) is 13.1. The van der Waals surface area contributed by atoms with Gasteiger partial charge >= 0.3 is 0 Å². The molecule has 1 heterocycles. The molecule has 3 nitrogen and oxygen atoms in total. The standard InChI is InChI=1S/C15H22N2O/c1-10-7-12(3)14(8-11(10)2)17-15(18)13-5-4-6-16-9-13/h7-8,13,16H,4-6,9H2,1-3H3,(H,17,18). The summed E-state index contributed by atoms with van der Waals surface area (Å²) in [6.45, 7) is 8.05. The summed E-state index contributed by atoms with van der Waals surface area (Å²) in [5, 5.41) is 6.34. The summed E-state index contributed by atoms with van der Waals surface area (Å²) in [5.41, 5.74) is 4.58. The Morgan fingerprint density at radius 3 is 2.61 bits per heavy atom. The van der Waals surface area contributed by atoms with E-state index in [1.54, 1.807) is 0 Å². The highest BCUT2D eigenvalue weighted by Crippen LogP contribution is 2.21. The second-order valence-electron chi connectivity index (χ2n) is 5.28. The normalized spacial score (nSPS) is 19.6. The molecule has 0 spiro atoms. The van der Waals surface area contributed by atoms with Crippen LogP contribution in [0.4, 0.5) is 5.69 Å². The maximum Gasteiger partial charge on any atom is 0.228 e. The molecule has 0 saturated carbocycles. The third kappa shape index (κ3) is 2.91. The van der Waals surface area contributed by atoms with E-state index >= 15 is 0 Å². The predicted molar refractivity (Wildman–Crippen MR) is 74.9 cm³/mol. The molecule has 1 aliphatic heterocycles. The Hall–Kier alpha value is -1.35. The molecule has 0 radical (unpaired) electrons. The van der Waals surface area contributed by atoms with Crippen LogP contribution in [0.25, 0.3) is 0 Å². The summed E-state index contributed by atoms with van der Waals surface area (Å²) in [4.78, 5) is 12.2. The zero-order valence-electron chi connectivity index (χ0n) is 11.5. The number of hydrogen-bond acceptors (Lipinski definition) is 2. The number of amides is 1. The highest BCUT2D eigenvalue weighted by molar-refractivity contribution is 5.93. The van der Waals surface area contributed by atoms with Crippen molar-refractivity contribution in [1.82, 2.24) is 5.32 Å². The molecule has 1 unspecified atom stereocenters. The number of carbonyl (C=O) groups is 1. The van der Waals surface area contributed by atoms with E-state index in [-0.39, 0.29) is 11.8 Å². The molecule has 0 bridgehead atoms. The topological polar surface area (TPSA) is 41.1 Å². The quantitative estimate of drug-likeness (QED) is 0.842.